The third-order valence-electron chi connectivity index (χ3n) is 4.18. The SMILES string of the molecule is CC(C)(C)OC(=O)CCCCCC1CN(C(=O)c2ccccc2)C1. The van der Waals surface area contributed by atoms with Crippen molar-refractivity contribution in [2.75, 3.05) is 13.1 Å². The molecule has 24 heavy (non-hydrogen) atoms. The maximum atomic E-state index is 12.2. The monoisotopic (exact) mass is 331 g/mol. The van der Waals surface area contributed by atoms with Gasteiger partial charge in [-0.3, -0.25) is 9.59 Å². The first kappa shape index (κ1) is 18.5. The van der Waals surface area contributed by atoms with Crippen LogP contribution in [0.3, 0.4) is 0 Å². The van der Waals surface area contributed by atoms with Gasteiger partial charge in [-0.2, -0.15) is 0 Å². The zero-order valence-electron chi connectivity index (χ0n) is 15.1. The van der Waals surface area contributed by atoms with Crippen LogP contribution in [0.1, 0.15) is 63.2 Å². The van der Waals surface area contributed by atoms with E-state index < -0.39 is 5.60 Å². The number of unbranched alkanes of at least 4 members (excludes halogenated alkanes) is 2. The molecule has 0 saturated carbocycles. The second-order valence-corrected chi connectivity index (χ2v) is 7.63. The molecular weight excluding hydrogens is 302 g/mol. The summed E-state index contributed by atoms with van der Waals surface area (Å²) in [5.74, 6) is 0.641. The molecule has 0 aromatic heterocycles. The highest BCUT2D eigenvalue weighted by Crippen LogP contribution is 2.24. The number of carbonyl (C=O) groups is 2. The number of likely N-dealkylation sites (tertiary alicyclic amines) is 1. The molecule has 0 radical (unpaired) electrons. The van der Waals surface area contributed by atoms with Crippen molar-refractivity contribution in [3.05, 3.63) is 35.9 Å². The van der Waals surface area contributed by atoms with Crippen LogP contribution in [0.2, 0.25) is 0 Å². The highest BCUT2D eigenvalue weighted by molar-refractivity contribution is 5.94. The highest BCUT2D eigenvalue weighted by atomic mass is 16.6. The number of amides is 1. The lowest BCUT2D eigenvalue weighted by Gasteiger charge is -2.39. The van der Waals surface area contributed by atoms with Crippen molar-refractivity contribution in [3.63, 3.8) is 0 Å². The van der Waals surface area contributed by atoms with Gasteiger partial charge in [0.1, 0.15) is 5.60 Å². The Balaban J connectivity index is 1.54. The van der Waals surface area contributed by atoms with Crippen molar-refractivity contribution in [2.24, 2.45) is 5.92 Å². The van der Waals surface area contributed by atoms with Crippen molar-refractivity contribution in [1.82, 2.24) is 4.90 Å². The summed E-state index contributed by atoms with van der Waals surface area (Å²) in [6.45, 7) is 7.40. The molecule has 0 aliphatic carbocycles. The molecule has 0 spiro atoms. The van der Waals surface area contributed by atoms with E-state index in [4.69, 9.17) is 4.74 Å². The van der Waals surface area contributed by atoms with Gasteiger partial charge in [0.15, 0.2) is 0 Å². The Morgan fingerprint density at radius 3 is 2.38 bits per heavy atom. The first-order chi connectivity index (χ1) is 11.3. The number of esters is 1. The van der Waals surface area contributed by atoms with Gasteiger partial charge in [-0.1, -0.05) is 31.0 Å². The summed E-state index contributed by atoms with van der Waals surface area (Å²) in [7, 11) is 0. The number of nitrogens with zero attached hydrogens (tertiary/aromatic N) is 1. The number of carbonyl (C=O) groups excluding carboxylic acids is 2. The Morgan fingerprint density at radius 1 is 1.08 bits per heavy atom. The van der Waals surface area contributed by atoms with Gasteiger partial charge in [0.2, 0.25) is 0 Å². The summed E-state index contributed by atoms with van der Waals surface area (Å²) in [5, 5.41) is 0. The predicted octanol–water partition coefficient (Wildman–Crippen LogP) is 4.05. The first-order valence-corrected chi connectivity index (χ1v) is 8.91. The van der Waals surface area contributed by atoms with E-state index in [2.05, 4.69) is 0 Å². The Morgan fingerprint density at radius 2 is 1.75 bits per heavy atom. The number of hydrogen-bond donors (Lipinski definition) is 0. The summed E-state index contributed by atoms with van der Waals surface area (Å²) < 4.78 is 5.30. The third kappa shape index (κ3) is 5.99. The Bertz CT molecular complexity index is 542. The van der Waals surface area contributed by atoms with E-state index in [0.717, 1.165) is 44.3 Å². The fraction of sp³-hybridized carbons (Fsp3) is 0.600. The summed E-state index contributed by atoms with van der Waals surface area (Å²) in [5.41, 5.74) is 0.380. The van der Waals surface area contributed by atoms with Crippen molar-refractivity contribution in [3.8, 4) is 0 Å². The zero-order valence-corrected chi connectivity index (χ0v) is 15.1. The minimum Gasteiger partial charge on any atom is -0.460 e. The molecule has 4 nitrogen and oxygen atoms in total. The van der Waals surface area contributed by atoms with Gasteiger partial charge >= 0.3 is 5.97 Å². The molecule has 1 aromatic rings. The molecular formula is C20H29NO3. The Labute approximate surface area is 145 Å². The predicted molar refractivity (Wildman–Crippen MR) is 94.8 cm³/mol. The van der Waals surface area contributed by atoms with Crippen LogP contribution >= 0.6 is 0 Å². The largest absolute Gasteiger partial charge is 0.460 e. The lowest BCUT2D eigenvalue weighted by atomic mass is 9.92. The molecule has 1 saturated heterocycles. The average Bonchev–Trinajstić information content (AvgIpc) is 2.47. The average molecular weight is 331 g/mol. The van der Waals surface area contributed by atoms with Crippen molar-refractivity contribution < 1.29 is 14.3 Å². The van der Waals surface area contributed by atoms with Gasteiger partial charge in [-0.05, 0) is 51.7 Å². The molecule has 1 heterocycles. The van der Waals surface area contributed by atoms with Crippen LogP contribution in [0.5, 0.6) is 0 Å². The quantitative estimate of drug-likeness (QED) is 0.559. The second kappa shape index (κ2) is 8.32. The second-order valence-electron chi connectivity index (χ2n) is 7.63. The number of hydrogen-bond acceptors (Lipinski definition) is 3. The van der Waals surface area contributed by atoms with Gasteiger partial charge in [-0.15, -0.1) is 0 Å². The summed E-state index contributed by atoms with van der Waals surface area (Å²) in [6, 6.07) is 9.45. The lowest BCUT2D eigenvalue weighted by Crippen LogP contribution is -2.49. The van der Waals surface area contributed by atoms with Gasteiger partial charge in [0.05, 0.1) is 0 Å². The maximum absolute atomic E-state index is 12.2. The minimum atomic E-state index is -0.391. The van der Waals surface area contributed by atoms with E-state index in [1.54, 1.807) is 0 Å². The van der Waals surface area contributed by atoms with Gasteiger partial charge < -0.3 is 9.64 Å². The third-order valence-corrected chi connectivity index (χ3v) is 4.18. The van der Waals surface area contributed by atoms with Crippen LogP contribution in [0.25, 0.3) is 0 Å². The van der Waals surface area contributed by atoms with E-state index in [9.17, 15) is 9.59 Å². The summed E-state index contributed by atoms with van der Waals surface area (Å²) in [6.07, 6.45) is 4.67. The van der Waals surface area contributed by atoms with E-state index in [-0.39, 0.29) is 11.9 Å². The fourth-order valence-corrected chi connectivity index (χ4v) is 2.95. The van der Waals surface area contributed by atoms with Crippen molar-refractivity contribution >= 4 is 11.9 Å². The molecule has 2 rings (SSSR count). The van der Waals surface area contributed by atoms with Gasteiger partial charge in [0.25, 0.3) is 5.91 Å². The van der Waals surface area contributed by atoms with E-state index in [1.165, 1.54) is 0 Å². The molecule has 0 unspecified atom stereocenters. The molecule has 0 bridgehead atoms. The molecule has 1 aliphatic heterocycles. The highest BCUT2D eigenvalue weighted by Gasteiger charge is 2.30. The Hall–Kier alpha value is -1.84. The molecule has 1 amide bonds. The molecule has 0 atom stereocenters. The maximum Gasteiger partial charge on any atom is 0.306 e. The van der Waals surface area contributed by atoms with E-state index in [1.807, 2.05) is 56.0 Å². The van der Waals surface area contributed by atoms with Gasteiger partial charge in [0, 0.05) is 25.1 Å². The van der Waals surface area contributed by atoms with E-state index in [0.29, 0.717) is 12.3 Å². The zero-order chi connectivity index (χ0) is 17.6. The summed E-state index contributed by atoms with van der Waals surface area (Å²) >= 11 is 0. The standard InChI is InChI=1S/C20H29NO3/c1-20(2,3)24-18(22)13-9-4-6-10-16-14-21(15-16)19(23)17-11-7-5-8-12-17/h5,7-8,11-12,16H,4,6,9-10,13-15H2,1-3H3. The minimum absolute atomic E-state index is 0.106. The van der Waals surface area contributed by atoms with E-state index >= 15 is 0 Å². The van der Waals surface area contributed by atoms with Crippen LogP contribution in [-0.4, -0.2) is 35.5 Å². The molecule has 1 aromatic carbocycles. The topological polar surface area (TPSA) is 46.6 Å². The molecule has 0 N–H and O–H groups in total. The first-order valence-electron chi connectivity index (χ1n) is 8.91. The number of ether oxygens (including phenoxy) is 1. The smallest absolute Gasteiger partial charge is 0.306 e. The van der Waals surface area contributed by atoms with Crippen molar-refractivity contribution in [1.29, 1.82) is 0 Å². The van der Waals surface area contributed by atoms with Crippen LogP contribution in [0, 0.1) is 5.92 Å². The normalized spacial score (nSPS) is 15.0. The van der Waals surface area contributed by atoms with Crippen LogP contribution in [0.4, 0.5) is 0 Å². The molecule has 1 fully saturated rings. The van der Waals surface area contributed by atoms with Crippen LogP contribution in [0.15, 0.2) is 30.3 Å². The summed E-state index contributed by atoms with van der Waals surface area (Å²) in [4.78, 5) is 25.7. The van der Waals surface area contributed by atoms with Crippen LogP contribution in [-0.2, 0) is 9.53 Å². The number of benzene rings is 1. The molecule has 132 valence electrons. The molecule has 4 heteroatoms. The lowest BCUT2D eigenvalue weighted by molar-refractivity contribution is -0.154. The van der Waals surface area contributed by atoms with Gasteiger partial charge in [-0.25, -0.2) is 0 Å². The Kier molecular flexibility index (Phi) is 6.41. The number of rotatable bonds is 7. The van der Waals surface area contributed by atoms with Crippen molar-refractivity contribution in [2.45, 2.75) is 58.5 Å². The molecule has 1 aliphatic rings. The van der Waals surface area contributed by atoms with Crippen LogP contribution < -0.4 is 0 Å². The fourth-order valence-electron chi connectivity index (χ4n) is 2.95.